The fraction of sp³-hybridized carbons (Fsp3) is 0.400. The van der Waals surface area contributed by atoms with E-state index in [0.717, 1.165) is 24.4 Å². The lowest BCUT2D eigenvalue weighted by Gasteiger charge is -2.18. The third-order valence-electron chi connectivity index (χ3n) is 3.59. The van der Waals surface area contributed by atoms with Crippen LogP contribution in [0.1, 0.15) is 24.0 Å². The zero-order valence-corrected chi connectivity index (χ0v) is 10.5. The molecule has 88 valence electrons. The number of fused-ring (bicyclic) bond motifs is 1. The fourth-order valence-electron chi connectivity index (χ4n) is 2.60. The van der Waals surface area contributed by atoms with Gasteiger partial charge < -0.3 is 4.90 Å². The van der Waals surface area contributed by atoms with E-state index in [1.807, 2.05) is 0 Å². The number of pyridine rings is 1. The minimum atomic E-state index is 1.12. The highest BCUT2D eigenvalue weighted by Crippen LogP contribution is 2.25. The van der Waals surface area contributed by atoms with E-state index in [0.29, 0.717) is 0 Å². The Bertz CT molecular complexity index is 554. The standard InChI is InChI=1S/C15H18N2/c1-11-5-6-14-13(9-11)12(2)10-15(16-14)17-7-3-4-8-17/h5-6,9-10H,3-4,7-8H2,1-2H3. The van der Waals surface area contributed by atoms with Gasteiger partial charge in [-0.3, -0.25) is 0 Å². The summed E-state index contributed by atoms with van der Waals surface area (Å²) in [6.45, 7) is 6.63. The third-order valence-corrected chi connectivity index (χ3v) is 3.59. The average molecular weight is 226 g/mol. The van der Waals surface area contributed by atoms with Crippen LogP contribution in [0.2, 0.25) is 0 Å². The van der Waals surface area contributed by atoms with Crippen molar-refractivity contribution < 1.29 is 0 Å². The summed E-state index contributed by atoms with van der Waals surface area (Å²) in [6.07, 6.45) is 2.60. The predicted molar refractivity (Wildman–Crippen MR) is 72.7 cm³/mol. The van der Waals surface area contributed by atoms with Gasteiger partial charge in [-0.1, -0.05) is 11.6 Å². The van der Waals surface area contributed by atoms with Gasteiger partial charge in [0.2, 0.25) is 0 Å². The molecule has 0 radical (unpaired) electrons. The van der Waals surface area contributed by atoms with Crippen LogP contribution in [-0.2, 0) is 0 Å². The van der Waals surface area contributed by atoms with Crippen LogP contribution in [0.15, 0.2) is 24.3 Å². The van der Waals surface area contributed by atoms with Crippen molar-refractivity contribution in [3.8, 4) is 0 Å². The predicted octanol–water partition coefficient (Wildman–Crippen LogP) is 3.45. The molecular weight excluding hydrogens is 208 g/mol. The van der Waals surface area contributed by atoms with Gasteiger partial charge in [-0.25, -0.2) is 4.98 Å². The molecule has 2 heterocycles. The maximum absolute atomic E-state index is 4.79. The first-order chi connectivity index (χ1) is 8.24. The van der Waals surface area contributed by atoms with Crippen LogP contribution in [-0.4, -0.2) is 18.1 Å². The highest BCUT2D eigenvalue weighted by atomic mass is 15.2. The molecule has 0 saturated carbocycles. The molecule has 0 amide bonds. The first-order valence-electron chi connectivity index (χ1n) is 6.37. The van der Waals surface area contributed by atoms with Gasteiger partial charge in [0.1, 0.15) is 5.82 Å². The van der Waals surface area contributed by atoms with Crippen molar-refractivity contribution in [1.29, 1.82) is 0 Å². The minimum absolute atomic E-state index is 1.12. The van der Waals surface area contributed by atoms with Crippen LogP contribution >= 0.6 is 0 Å². The Hall–Kier alpha value is -1.57. The van der Waals surface area contributed by atoms with Crippen LogP contribution in [0.25, 0.3) is 10.9 Å². The maximum atomic E-state index is 4.79. The zero-order valence-electron chi connectivity index (χ0n) is 10.5. The lowest BCUT2D eigenvalue weighted by atomic mass is 10.1. The van der Waals surface area contributed by atoms with Crippen LogP contribution in [0, 0.1) is 13.8 Å². The van der Waals surface area contributed by atoms with Gasteiger partial charge in [0, 0.05) is 18.5 Å². The normalized spacial score (nSPS) is 15.8. The Labute approximate surface area is 102 Å². The quantitative estimate of drug-likeness (QED) is 0.740. The summed E-state index contributed by atoms with van der Waals surface area (Å²) in [4.78, 5) is 7.18. The molecule has 0 unspecified atom stereocenters. The second-order valence-electron chi connectivity index (χ2n) is 5.01. The fourth-order valence-corrected chi connectivity index (χ4v) is 2.60. The molecule has 1 aromatic heterocycles. The van der Waals surface area contributed by atoms with Crippen molar-refractivity contribution in [2.75, 3.05) is 18.0 Å². The average Bonchev–Trinajstić information content (AvgIpc) is 2.83. The Morgan fingerprint density at radius 2 is 1.82 bits per heavy atom. The largest absolute Gasteiger partial charge is 0.357 e. The summed E-state index contributed by atoms with van der Waals surface area (Å²) in [6, 6.07) is 8.73. The smallest absolute Gasteiger partial charge is 0.129 e. The van der Waals surface area contributed by atoms with E-state index < -0.39 is 0 Å². The molecule has 1 saturated heterocycles. The summed E-state index contributed by atoms with van der Waals surface area (Å²) in [5.74, 6) is 1.15. The molecule has 2 nitrogen and oxygen atoms in total. The van der Waals surface area contributed by atoms with E-state index in [1.54, 1.807) is 0 Å². The Morgan fingerprint density at radius 3 is 2.59 bits per heavy atom. The van der Waals surface area contributed by atoms with Crippen molar-refractivity contribution in [1.82, 2.24) is 4.98 Å². The van der Waals surface area contributed by atoms with E-state index in [1.165, 1.54) is 29.4 Å². The molecule has 0 aliphatic carbocycles. The van der Waals surface area contributed by atoms with Crippen molar-refractivity contribution in [2.45, 2.75) is 26.7 Å². The molecule has 0 bridgehead atoms. The summed E-state index contributed by atoms with van der Waals surface area (Å²) in [5.41, 5.74) is 3.76. The Morgan fingerprint density at radius 1 is 1.06 bits per heavy atom. The Kier molecular flexibility index (Phi) is 2.50. The molecule has 0 atom stereocenters. The van der Waals surface area contributed by atoms with Gasteiger partial charge in [-0.2, -0.15) is 0 Å². The first-order valence-corrected chi connectivity index (χ1v) is 6.37. The molecule has 2 heteroatoms. The first kappa shape index (κ1) is 10.6. The molecule has 2 aromatic rings. The second-order valence-corrected chi connectivity index (χ2v) is 5.01. The lowest BCUT2D eigenvalue weighted by Crippen LogP contribution is -2.19. The second kappa shape index (κ2) is 4.02. The van der Waals surface area contributed by atoms with Gasteiger partial charge in [-0.15, -0.1) is 0 Å². The number of aryl methyl sites for hydroxylation is 2. The molecule has 3 rings (SSSR count). The molecular formula is C15H18N2. The summed E-state index contributed by atoms with van der Waals surface area (Å²) >= 11 is 0. The number of nitrogens with zero attached hydrogens (tertiary/aromatic N) is 2. The topological polar surface area (TPSA) is 16.1 Å². The maximum Gasteiger partial charge on any atom is 0.129 e. The summed E-state index contributed by atoms with van der Waals surface area (Å²) in [5, 5.41) is 1.29. The monoisotopic (exact) mass is 226 g/mol. The number of aromatic nitrogens is 1. The molecule has 17 heavy (non-hydrogen) atoms. The van der Waals surface area contributed by atoms with E-state index in [2.05, 4.69) is 43.0 Å². The number of hydrogen-bond donors (Lipinski definition) is 0. The number of rotatable bonds is 1. The van der Waals surface area contributed by atoms with Crippen molar-refractivity contribution in [3.05, 3.63) is 35.4 Å². The van der Waals surface area contributed by atoms with Crippen LogP contribution in [0.4, 0.5) is 5.82 Å². The molecule has 1 fully saturated rings. The SMILES string of the molecule is Cc1ccc2nc(N3CCCC3)cc(C)c2c1. The number of anilines is 1. The number of hydrogen-bond acceptors (Lipinski definition) is 2. The van der Waals surface area contributed by atoms with Gasteiger partial charge in [0.05, 0.1) is 5.52 Å². The van der Waals surface area contributed by atoms with E-state index >= 15 is 0 Å². The van der Waals surface area contributed by atoms with Gasteiger partial charge in [0.25, 0.3) is 0 Å². The molecule has 0 N–H and O–H groups in total. The molecule has 1 aliphatic rings. The van der Waals surface area contributed by atoms with Crippen LogP contribution in [0.3, 0.4) is 0 Å². The molecule has 1 aromatic carbocycles. The highest BCUT2D eigenvalue weighted by molar-refractivity contribution is 5.84. The molecule has 0 spiro atoms. The highest BCUT2D eigenvalue weighted by Gasteiger charge is 2.14. The summed E-state index contributed by atoms with van der Waals surface area (Å²) in [7, 11) is 0. The summed E-state index contributed by atoms with van der Waals surface area (Å²) < 4.78 is 0. The van der Waals surface area contributed by atoms with Crippen molar-refractivity contribution in [3.63, 3.8) is 0 Å². The van der Waals surface area contributed by atoms with Crippen molar-refractivity contribution in [2.24, 2.45) is 0 Å². The number of benzene rings is 1. The van der Waals surface area contributed by atoms with Gasteiger partial charge in [-0.05, 0) is 50.5 Å². The lowest BCUT2D eigenvalue weighted by molar-refractivity contribution is 0.942. The van der Waals surface area contributed by atoms with Crippen molar-refractivity contribution >= 4 is 16.7 Å². The zero-order chi connectivity index (χ0) is 11.8. The van der Waals surface area contributed by atoms with E-state index in [4.69, 9.17) is 4.98 Å². The minimum Gasteiger partial charge on any atom is -0.357 e. The van der Waals surface area contributed by atoms with E-state index in [9.17, 15) is 0 Å². The third kappa shape index (κ3) is 1.88. The van der Waals surface area contributed by atoms with Crippen LogP contribution < -0.4 is 4.90 Å². The molecule has 1 aliphatic heterocycles. The Balaban J connectivity index is 2.13. The van der Waals surface area contributed by atoms with Crippen LogP contribution in [0.5, 0.6) is 0 Å². The van der Waals surface area contributed by atoms with Gasteiger partial charge >= 0.3 is 0 Å². The van der Waals surface area contributed by atoms with Gasteiger partial charge in [0.15, 0.2) is 0 Å². The van der Waals surface area contributed by atoms with E-state index in [-0.39, 0.29) is 0 Å².